The Balaban J connectivity index is 2.20. The molecule has 0 fully saturated rings. The third kappa shape index (κ3) is 2.65. The van der Waals surface area contributed by atoms with E-state index >= 15 is 0 Å². The van der Waals surface area contributed by atoms with Crippen molar-refractivity contribution >= 4 is 6.29 Å². The molecule has 6 nitrogen and oxygen atoms in total. The highest BCUT2D eigenvalue weighted by Crippen LogP contribution is 2.30. The van der Waals surface area contributed by atoms with E-state index in [9.17, 15) is 4.79 Å². The topological polar surface area (TPSA) is 74.5 Å². The fourth-order valence-electron chi connectivity index (χ4n) is 1.44. The summed E-state index contributed by atoms with van der Waals surface area (Å²) in [6.45, 7) is 2.46. The highest BCUT2D eigenvalue weighted by Gasteiger charge is 2.11. The summed E-state index contributed by atoms with van der Waals surface area (Å²) in [5.41, 5.74) is 0.421. The summed E-state index contributed by atoms with van der Waals surface area (Å²) < 4.78 is 15.5. The summed E-state index contributed by atoms with van der Waals surface area (Å²) in [5, 5.41) is 3.62. The molecule has 1 aromatic carbocycles. The predicted molar refractivity (Wildman–Crippen MR) is 61.6 cm³/mol. The number of nitrogens with zero attached hydrogens (tertiary/aromatic N) is 2. The second-order valence-corrected chi connectivity index (χ2v) is 3.36. The van der Waals surface area contributed by atoms with Crippen LogP contribution in [0, 0.1) is 0 Å². The molecule has 0 saturated carbocycles. The van der Waals surface area contributed by atoms with E-state index in [0.29, 0.717) is 35.8 Å². The summed E-state index contributed by atoms with van der Waals surface area (Å²) in [4.78, 5) is 14.8. The number of carbonyl (C=O) groups excluding carboxylic acids is 1. The molecule has 0 unspecified atom stereocenters. The Hall–Kier alpha value is -2.37. The van der Waals surface area contributed by atoms with Crippen molar-refractivity contribution in [2.75, 3.05) is 6.61 Å². The molecule has 0 bridgehead atoms. The molecule has 1 aromatic heterocycles. The standard InChI is InChI=1S/C12H12N2O4/c1-2-16-10-5-3-4-9(6-15)12(10)17-7-11-13-8-18-14-11/h3-6,8H,2,7H2,1H3. The van der Waals surface area contributed by atoms with Gasteiger partial charge in [-0.2, -0.15) is 4.98 Å². The van der Waals surface area contributed by atoms with Crippen LogP contribution in [-0.4, -0.2) is 23.0 Å². The average Bonchev–Trinajstić information content (AvgIpc) is 2.90. The van der Waals surface area contributed by atoms with Gasteiger partial charge in [-0.3, -0.25) is 4.79 Å². The first-order valence-electron chi connectivity index (χ1n) is 5.44. The quantitative estimate of drug-likeness (QED) is 0.726. The van der Waals surface area contributed by atoms with E-state index in [1.165, 1.54) is 6.39 Å². The minimum Gasteiger partial charge on any atom is -0.490 e. The second kappa shape index (κ2) is 5.81. The van der Waals surface area contributed by atoms with Crippen molar-refractivity contribution < 1.29 is 18.8 Å². The third-order valence-corrected chi connectivity index (χ3v) is 2.19. The molecule has 18 heavy (non-hydrogen) atoms. The third-order valence-electron chi connectivity index (χ3n) is 2.19. The maximum absolute atomic E-state index is 11.0. The molecule has 2 aromatic rings. The van der Waals surface area contributed by atoms with Gasteiger partial charge >= 0.3 is 0 Å². The molecule has 0 saturated heterocycles. The van der Waals surface area contributed by atoms with Crippen LogP contribution < -0.4 is 9.47 Å². The Labute approximate surface area is 104 Å². The molecule has 0 amide bonds. The van der Waals surface area contributed by atoms with Crippen LogP contribution in [-0.2, 0) is 6.61 Å². The van der Waals surface area contributed by atoms with Gasteiger partial charge in [0, 0.05) is 0 Å². The van der Waals surface area contributed by atoms with Crippen LogP contribution in [0.2, 0.25) is 0 Å². The van der Waals surface area contributed by atoms with Crippen molar-refractivity contribution in [3.05, 3.63) is 36.0 Å². The van der Waals surface area contributed by atoms with E-state index in [0.717, 1.165) is 0 Å². The zero-order valence-electron chi connectivity index (χ0n) is 9.83. The van der Waals surface area contributed by atoms with E-state index in [4.69, 9.17) is 9.47 Å². The van der Waals surface area contributed by atoms with E-state index < -0.39 is 0 Å². The van der Waals surface area contributed by atoms with E-state index in [1.54, 1.807) is 18.2 Å². The van der Waals surface area contributed by atoms with Gasteiger partial charge in [0.05, 0.1) is 12.2 Å². The van der Waals surface area contributed by atoms with Gasteiger partial charge in [-0.1, -0.05) is 11.2 Å². The molecule has 0 aliphatic heterocycles. The minimum atomic E-state index is 0.113. The maximum atomic E-state index is 11.0. The highest BCUT2D eigenvalue weighted by molar-refractivity contribution is 5.81. The van der Waals surface area contributed by atoms with Gasteiger partial charge in [-0.15, -0.1) is 0 Å². The molecule has 0 aliphatic carbocycles. The van der Waals surface area contributed by atoms with Crippen LogP contribution in [0.15, 0.2) is 29.1 Å². The molecule has 94 valence electrons. The Morgan fingerprint density at radius 1 is 1.39 bits per heavy atom. The Bertz CT molecular complexity index is 511. The fraction of sp³-hybridized carbons (Fsp3) is 0.250. The summed E-state index contributed by atoms with van der Waals surface area (Å²) in [6, 6.07) is 5.12. The molecule has 2 rings (SSSR count). The summed E-state index contributed by atoms with van der Waals surface area (Å²) >= 11 is 0. The van der Waals surface area contributed by atoms with Gasteiger partial charge in [-0.05, 0) is 19.1 Å². The van der Waals surface area contributed by atoms with Crippen LogP contribution in [0.5, 0.6) is 11.5 Å². The van der Waals surface area contributed by atoms with Crippen molar-refractivity contribution in [2.45, 2.75) is 13.5 Å². The smallest absolute Gasteiger partial charge is 0.213 e. The number of aldehydes is 1. The SMILES string of the molecule is CCOc1cccc(C=O)c1OCc1ncon1. The van der Waals surface area contributed by atoms with Gasteiger partial charge in [0.1, 0.15) is 0 Å². The maximum Gasteiger partial charge on any atom is 0.213 e. The van der Waals surface area contributed by atoms with Crippen LogP contribution in [0.3, 0.4) is 0 Å². The van der Waals surface area contributed by atoms with Crippen molar-refractivity contribution in [1.29, 1.82) is 0 Å². The van der Waals surface area contributed by atoms with Crippen molar-refractivity contribution in [1.82, 2.24) is 10.1 Å². The second-order valence-electron chi connectivity index (χ2n) is 3.36. The normalized spacial score (nSPS) is 10.1. The first-order chi connectivity index (χ1) is 8.85. The van der Waals surface area contributed by atoms with E-state index in [2.05, 4.69) is 14.7 Å². The van der Waals surface area contributed by atoms with Gasteiger partial charge < -0.3 is 14.0 Å². The lowest BCUT2D eigenvalue weighted by atomic mass is 10.2. The molecule has 0 atom stereocenters. The largest absolute Gasteiger partial charge is 0.490 e. The van der Waals surface area contributed by atoms with Gasteiger partial charge in [0.25, 0.3) is 0 Å². The first kappa shape index (κ1) is 12.1. The average molecular weight is 248 g/mol. The highest BCUT2D eigenvalue weighted by atomic mass is 16.5. The number of rotatable bonds is 6. The molecule has 0 aliphatic rings. The zero-order valence-corrected chi connectivity index (χ0v) is 9.83. The molecule has 1 heterocycles. The van der Waals surface area contributed by atoms with Crippen LogP contribution in [0.25, 0.3) is 0 Å². The van der Waals surface area contributed by atoms with Crippen molar-refractivity contribution in [2.24, 2.45) is 0 Å². The minimum absolute atomic E-state index is 0.113. The van der Waals surface area contributed by atoms with E-state index in [1.807, 2.05) is 6.92 Å². The molecule has 0 spiro atoms. The van der Waals surface area contributed by atoms with E-state index in [-0.39, 0.29) is 6.61 Å². The summed E-state index contributed by atoms with van der Waals surface area (Å²) in [7, 11) is 0. The Morgan fingerprint density at radius 3 is 2.94 bits per heavy atom. The van der Waals surface area contributed by atoms with Crippen LogP contribution >= 0.6 is 0 Å². The molecular weight excluding hydrogens is 236 g/mol. The number of aromatic nitrogens is 2. The van der Waals surface area contributed by atoms with Crippen LogP contribution in [0.4, 0.5) is 0 Å². The number of hydrogen-bond donors (Lipinski definition) is 0. The number of para-hydroxylation sites is 1. The molecule has 6 heteroatoms. The lowest BCUT2D eigenvalue weighted by molar-refractivity contribution is 0.111. The Morgan fingerprint density at radius 2 is 2.28 bits per heavy atom. The monoisotopic (exact) mass is 248 g/mol. The van der Waals surface area contributed by atoms with Gasteiger partial charge in [-0.25, -0.2) is 0 Å². The van der Waals surface area contributed by atoms with Crippen molar-refractivity contribution in [3.63, 3.8) is 0 Å². The number of ether oxygens (including phenoxy) is 2. The van der Waals surface area contributed by atoms with Crippen molar-refractivity contribution in [3.8, 4) is 11.5 Å². The lowest BCUT2D eigenvalue weighted by Crippen LogP contribution is -2.03. The lowest BCUT2D eigenvalue weighted by Gasteiger charge is -2.12. The van der Waals surface area contributed by atoms with Crippen LogP contribution in [0.1, 0.15) is 23.1 Å². The zero-order chi connectivity index (χ0) is 12.8. The first-order valence-corrected chi connectivity index (χ1v) is 5.44. The van der Waals surface area contributed by atoms with Gasteiger partial charge in [0.2, 0.25) is 12.2 Å². The molecular formula is C12H12N2O4. The summed E-state index contributed by atoms with van der Waals surface area (Å²) in [6.07, 6.45) is 1.93. The fourth-order valence-corrected chi connectivity index (χ4v) is 1.44. The Kier molecular flexibility index (Phi) is 3.90. The number of benzene rings is 1. The predicted octanol–water partition coefficient (Wildman–Crippen LogP) is 1.86. The summed E-state index contributed by atoms with van der Waals surface area (Å²) in [5.74, 6) is 1.31. The number of hydrogen-bond acceptors (Lipinski definition) is 6. The van der Waals surface area contributed by atoms with Gasteiger partial charge in [0.15, 0.2) is 24.4 Å². The number of carbonyl (C=O) groups is 1. The molecule has 0 radical (unpaired) electrons. The molecule has 0 N–H and O–H groups in total.